The number of nitrogens with zero attached hydrogens (tertiary/aromatic N) is 2. The van der Waals surface area contributed by atoms with E-state index in [9.17, 15) is 4.79 Å². The lowest BCUT2D eigenvalue weighted by molar-refractivity contribution is 0.355. The van der Waals surface area contributed by atoms with Gasteiger partial charge in [0, 0.05) is 23.4 Å². The van der Waals surface area contributed by atoms with Gasteiger partial charge in [0.1, 0.15) is 5.69 Å². The quantitative estimate of drug-likeness (QED) is 0.498. The molecule has 0 amide bonds. The summed E-state index contributed by atoms with van der Waals surface area (Å²) in [5.41, 5.74) is 1.70. The molecule has 7 heteroatoms. The van der Waals surface area contributed by atoms with Gasteiger partial charge >= 0.3 is 5.63 Å². The molecule has 0 saturated heterocycles. The van der Waals surface area contributed by atoms with Gasteiger partial charge in [-0.15, -0.1) is 0 Å². The van der Waals surface area contributed by atoms with Crippen LogP contribution in [0.5, 0.6) is 11.5 Å². The predicted molar refractivity (Wildman–Crippen MR) is 108 cm³/mol. The van der Waals surface area contributed by atoms with Crippen LogP contribution in [0.2, 0.25) is 0 Å². The largest absolute Gasteiger partial charge is 0.493 e. The van der Waals surface area contributed by atoms with Crippen LogP contribution in [-0.4, -0.2) is 23.8 Å². The molecular formula is C21H16N2O4S. The summed E-state index contributed by atoms with van der Waals surface area (Å²) in [6, 6.07) is 5.27. The van der Waals surface area contributed by atoms with Gasteiger partial charge in [-0.25, -0.2) is 9.78 Å². The van der Waals surface area contributed by atoms with Crippen LogP contribution < -0.4 is 15.1 Å². The van der Waals surface area contributed by atoms with Crippen LogP contribution in [0.25, 0.3) is 22.1 Å². The molecule has 4 rings (SSSR count). The molecule has 0 fully saturated rings. The fraction of sp³-hybridized carbons (Fsp3) is 0.143. The molecule has 0 spiro atoms. The molecule has 3 heterocycles. The van der Waals surface area contributed by atoms with Crippen molar-refractivity contribution in [1.29, 1.82) is 0 Å². The topological polar surface area (TPSA) is 66.5 Å². The van der Waals surface area contributed by atoms with Gasteiger partial charge in [0.05, 0.1) is 37.7 Å². The minimum absolute atomic E-state index is 0.380. The van der Waals surface area contributed by atoms with Crippen LogP contribution in [0.4, 0.5) is 0 Å². The van der Waals surface area contributed by atoms with E-state index in [1.807, 2.05) is 28.4 Å². The number of rotatable bonds is 3. The number of hydrogen-bond acceptors (Lipinski definition) is 6. The van der Waals surface area contributed by atoms with E-state index in [4.69, 9.17) is 13.9 Å². The maximum Gasteiger partial charge on any atom is 0.344 e. The first kappa shape index (κ1) is 17.9. The van der Waals surface area contributed by atoms with E-state index in [2.05, 4.69) is 16.8 Å². The molecule has 0 radical (unpaired) electrons. The molecule has 0 atom stereocenters. The number of benzene rings is 1. The Morgan fingerprint density at radius 2 is 1.89 bits per heavy atom. The van der Waals surface area contributed by atoms with Crippen molar-refractivity contribution < 1.29 is 13.9 Å². The highest BCUT2D eigenvalue weighted by Gasteiger charge is 2.18. The third kappa shape index (κ3) is 3.04. The average Bonchev–Trinajstić information content (AvgIpc) is 3.38. The summed E-state index contributed by atoms with van der Waals surface area (Å²) in [5, 5.41) is 4.86. The Kier molecular flexibility index (Phi) is 4.63. The van der Waals surface area contributed by atoms with E-state index < -0.39 is 5.63 Å². The standard InChI is InChI=1S/C21H16N2O4S/c1-23-12-22-10-14(23)4-5-15-16-8-18(25-2)19(26-3)9-17(16)21(24)27-20(15)13-6-7-28-11-13/h6-12H,1-3H3. The summed E-state index contributed by atoms with van der Waals surface area (Å²) < 4.78 is 18.2. The molecule has 1 aromatic carbocycles. The van der Waals surface area contributed by atoms with Crippen LogP contribution in [0.15, 0.2) is 50.7 Å². The first-order chi connectivity index (χ1) is 13.6. The summed E-state index contributed by atoms with van der Waals surface area (Å²) in [6.07, 6.45) is 3.36. The second-order valence-electron chi connectivity index (χ2n) is 6.00. The van der Waals surface area contributed by atoms with Gasteiger partial charge < -0.3 is 18.5 Å². The lowest BCUT2D eigenvalue weighted by atomic mass is 10.0. The van der Waals surface area contributed by atoms with Crippen molar-refractivity contribution >= 4 is 22.1 Å². The smallest absolute Gasteiger partial charge is 0.344 e. The summed E-state index contributed by atoms with van der Waals surface area (Å²) in [5.74, 6) is 7.68. The van der Waals surface area contributed by atoms with Gasteiger partial charge in [0.15, 0.2) is 17.3 Å². The average molecular weight is 392 g/mol. The van der Waals surface area contributed by atoms with Gasteiger partial charge in [0.2, 0.25) is 0 Å². The Morgan fingerprint density at radius 3 is 2.50 bits per heavy atom. The molecule has 0 aliphatic rings. The summed E-state index contributed by atoms with van der Waals surface area (Å²) in [7, 11) is 4.94. The third-order valence-corrected chi connectivity index (χ3v) is 5.03. The van der Waals surface area contributed by atoms with Crippen LogP contribution in [0, 0.1) is 11.8 Å². The maximum atomic E-state index is 12.7. The Balaban J connectivity index is 2.07. The van der Waals surface area contributed by atoms with Crippen molar-refractivity contribution in [3.8, 4) is 34.7 Å². The third-order valence-electron chi connectivity index (χ3n) is 4.35. The molecule has 6 nitrogen and oxygen atoms in total. The summed E-state index contributed by atoms with van der Waals surface area (Å²) in [6.45, 7) is 0. The van der Waals surface area contributed by atoms with Gasteiger partial charge in [-0.05, 0) is 29.5 Å². The minimum atomic E-state index is -0.455. The molecule has 0 saturated carbocycles. The Morgan fingerprint density at radius 1 is 1.14 bits per heavy atom. The first-order valence-corrected chi connectivity index (χ1v) is 9.30. The van der Waals surface area contributed by atoms with Crippen LogP contribution in [0.1, 0.15) is 11.3 Å². The van der Waals surface area contributed by atoms with E-state index in [0.717, 1.165) is 11.3 Å². The molecular weight excluding hydrogens is 376 g/mol. The fourth-order valence-electron chi connectivity index (χ4n) is 2.90. The van der Waals surface area contributed by atoms with E-state index in [0.29, 0.717) is 33.6 Å². The lowest BCUT2D eigenvalue weighted by Gasteiger charge is -2.11. The first-order valence-electron chi connectivity index (χ1n) is 8.36. The van der Waals surface area contributed by atoms with Crippen molar-refractivity contribution in [3.05, 3.63) is 63.2 Å². The molecule has 140 valence electrons. The number of aromatic nitrogens is 2. The molecule has 28 heavy (non-hydrogen) atoms. The van der Waals surface area contributed by atoms with Gasteiger partial charge in [0.25, 0.3) is 0 Å². The number of aryl methyl sites for hydroxylation is 1. The zero-order chi connectivity index (χ0) is 19.7. The van der Waals surface area contributed by atoms with Crippen molar-refractivity contribution in [2.24, 2.45) is 7.05 Å². The van der Waals surface area contributed by atoms with Crippen molar-refractivity contribution in [2.45, 2.75) is 0 Å². The van der Waals surface area contributed by atoms with Crippen molar-refractivity contribution in [2.75, 3.05) is 14.2 Å². The lowest BCUT2D eigenvalue weighted by Crippen LogP contribution is -2.04. The monoisotopic (exact) mass is 392 g/mol. The molecule has 3 aromatic heterocycles. The highest BCUT2D eigenvalue weighted by atomic mass is 32.1. The van der Waals surface area contributed by atoms with Crippen LogP contribution >= 0.6 is 11.3 Å². The second-order valence-corrected chi connectivity index (χ2v) is 6.78. The van der Waals surface area contributed by atoms with Crippen LogP contribution in [0.3, 0.4) is 0 Å². The molecule has 0 unspecified atom stereocenters. The highest BCUT2D eigenvalue weighted by Crippen LogP contribution is 2.35. The summed E-state index contributed by atoms with van der Waals surface area (Å²) in [4.78, 5) is 16.8. The van der Waals surface area contributed by atoms with Gasteiger partial charge in [-0.3, -0.25) is 0 Å². The van der Waals surface area contributed by atoms with Crippen molar-refractivity contribution in [3.63, 3.8) is 0 Å². The van der Waals surface area contributed by atoms with Crippen molar-refractivity contribution in [1.82, 2.24) is 9.55 Å². The Hall–Kier alpha value is -3.50. The predicted octanol–water partition coefficient (Wildman–Crippen LogP) is 3.67. The molecule has 0 aliphatic heterocycles. The second kappa shape index (κ2) is 7.25. The molecule has 0 N–H and O–H groups in total. The number of fused-ring (bicyclic) bond motifs is 1. The maximum absolute atomic E-state index is 12.7. The number of methoxy groups -OCH3 is 2. The number of ether oxygens (including phenoxy) is 2. The van der Waals surface area contributed by atoms with E-state index in [-0.39, 0.29) is 0 Å². The fourth-order valence-corrected chi connectivity index (χ4v) is 3.54. The summed E-state index contributed by atoms with van der Waals surface area (Å²) >= 11 is 1.52. The van der Waals surface area contributed by atoms with E-state index in [1.165, 1.54) is 18.4 Å². The number of imidazole rings is 1. The Bertz CT molecular complexity index is 1270. The normalized spacial score (nSPS) is 10.5. The minimum Gasteiger partial charge on any atom is -0.493 e. The zero-order valence-electron chi connectivity index (χ0n) is 15.5. The highest BCUT2D eigenvalue weighted by molar-refractivity contribution is 7.08. The Labute approximate surface area is 165 Å². The zero-order valence-corrected chi connectivity index (χ0v) is 16.3. The molecule has 0 bridgehead atoms. The van der Waals surface area contributed by atoms with Crippen LogP contribution in [-0.2, 0) is 7.05 Å². The van der Waals surface area contributed by atoms with E-state index in [1.54, 1.807) is 31.8 Å². The molecule has 0 aliphatic carbocycles. The van der Waals surface area contributed by atoms with Gasteiger partial charge in [-0.2, -0.15) is 11.3 Å². The number of hydrogen-bond donors (Lipinski definition) is 0. The molecule has 4 aromatic rings. The SMILES string of the molecule is COc1cc2c(C#Cc3cncn3C)c(-c3ccsc3)oc(=O)c2cc1OC. The van der Waals surface area contributed by atoms with Gasteiger partial charge in [-0.1, -0.05) is 5.92 Å². The number of thiophene rings is 1. The van der Waals surface area contributed by atoms with E-state index >= 15 is 0 Å².